The Balaban J connectivity index is 1.85. The van der Waals surface area contributed by atoms with E-state index in [4.69, 9.17) is 4.42 Å². The molecule has 1 amide bonds. The van der Waals surface area contributed by atoms with E-state index >= 15 is 0 Å². The van der Waals surface area contributed by atoms with Crippen molar-refractivity contribution in [1.29, 1.82) is 0 Å². The molecular weight excluding hydrogens is 400 g/mol. The van der Waals surface area contributed by atoms with Crippen molar-refractivity contribution in [2.24, 2.45) is 0 Å². The van der Waals surface area contributed by atoms with E-state index in [0.29, 0.717) is 16.9 Å². The van der Waals surface area contributed by atoms with E-state index < -0.39 is 22.7 Å². The Bertz CT molecular complexity index is 1180. The number of benzene rings is 2. The van der Waals surface area contributed by atoms with E-state index in [0.717, 1.165) is 5.56 Å². The number of aryl methyl sites for hydroxylation is 1. The van der Waals surface area contributed by atoms with Crippen LogP contribution in [0.25, 0.3) is 5.76 Å². The molecule has 1 fully saturated rings. The van der Waals surface area contributed by atoms with Gasteiger partial charge in [0.2, 0.25) is 0 Å². The molecule has 0 saturated carbocycles. The zero-order valence-corrected chi connectivity index (χ0v) is 16.5. The molecule has 1 aromatic heterocycles. The van der Waals surface area contributed by atoms with Crippen LogP contribution < -0.4 is 0 Å². The number of carbonyl (C=O) groups excluding carboxylic acids is 2. The number of Topliss-reactive ketones (excluding diaryl/α,β-unsaturated/α-hetero) is 1. The molecular formula is C23H18N2O6. The zero-order chi connectivity index (χ0) is 22.1. The fourth-order valence-electron chi connectivity index (χ4n) is 3.61. The molecule has 0 radical (unpaired) electrons. The number of hydrogen-bond donors (Lipinski definition) is 1. The Kier molecular flexibility index (Phi) is 5.12. The highest BCUT2D eigenvalue weighted by Gasteiger charge is 2.46. The summed E-state index contributed by atoms with van der Waals surface area (Å²) in [5, 5.41) is 22.0. The summed E-state index contributed by atoms with van der Waals surface area (Å²) >= 11 is 0. The number of aliphatic hydroxyl groups is 1. The molecule has 8 nitrogen and oxygen atoms in total. The Morgan fingerprint density at radius 2 is 1.77 bits per heavy atom. The third-order valence-electron chi connectivity index (χ3n) is 5.19. The highest BCUT2D eigenvalue weighted by Crippen LogP contribution is 2.40. The number of aliphatic hydroxyl groups excluding tert-OH is 1. The summed E-state index contributed by atoms with van der Waals surface area (Å²) in [4.78, 5) is 37.6. The third-order valence-corrected chi connectivity index (χ3v) is 5.19. The van der Waals surface area contributed by atoms with Crippen molar-refractivity contribution in [1.82, 2.24) is 4.90 Å². The van der Waals surface area contributed by atoms with Crippen molar-refractivity contribution < 1.29 is 24.0 Å². The molecule has 0 unspecified atom stereocenters. The van der Waals surface area contributed by atoms with Gasteiger partial charge in [-0.2, -0.15) is 0 Å². The van der Waals surface area contributed by atoms with Gasteiger partial charge in [0.25, 0.3) is 17.4 Å². The van der Waals surface area contributed by atoms with Gasteiger partial charge >= 0.3 is 0 Å². The number of nitro groups is 1. The molecule has 0 spiro atoms. The second-order valence-electron chi connectivity index (χ2n) is 7.22. The van der Waals surface area contributed by atoms with Gasteiger partial charge in [-0.15, -0.1) is 0 Å². The summed E-state index contributed by atoms with van der Waals surface area (Å²) in [6, 6.07) is 14.9. The smallest absolute Gasteiger partial charge is 0.296 e. The van der Waals surface area contributed by atoms with Gasteiger partial charge in [-0.25, -0.2) is 0 Å². The molecule has 2 aromatic carbocycles. The quantitative estimate of drug-likeness (QED) is 0.219. The molecule has 1 aliphatic heterocycles. The fourth-order valence-corrected chi connectivity index (χ4v) is 3.61. The first kappa shape index (κ1) is 20.1. The van der Waals surface area contributed by atoms with E-state index in [1.165, 1.54) is 35.4 Å². The second-order valence-corrected chi connectivity index (χ2v) is 7.22. The van der Waals surface area contributed by atoms with Crippen molar-refractivity contribution in [2.45, 2.75) is 19.5 Å². The molecule has 31 heavy (non-hydrogen) atoms. The summed E-state index contributed by atoms with van der Waals surface area (Å²) in [6.07, 6.45) is 1.46. The van der Waals surface area contributed by atoms with Crippen LogP contribution in [0.5, 0.6) is 0 Å². The maximum Gasteiger partial charge on any atom is 0.296 e. The monoisotopic (exact) mass is 418 g/mol. The maximum absolute atomic E-state index is 12.9. The van der Waals surface area contributed by atoms with Crippen LogP contribution >= 0.6 is 0 Å². The molecule has 0 bridgehead atoms. The first-order valence-corrected chi connectivity index (χ1v) is 9.49. The summed E-state index contributed by atoms with van der Waals surface area (Å²) in [6.45, 7) is 1.90. The van der Waals surface area contributed by atoms with E-state index in [1.807, 2.05) is 6.92 Å². The average molecular weight is 418 g/mol. The number of non-ortho nitro benzene ring substituents is 1. The summed E-state index contributed by atoms with van der Waals surface area (Å²) in [5.74, 6) is -1.45. The zero-order valence-electron chi connectivity index (χ0n) is 16.5. The number of ketones is 1. The number of nitrogens with zero attached hydrogens (tertiary/aromatic N) is 2. The number of rotatable bonds is 5. The van der Waals surface area contributed by atoms with Crippen molar-refractivity contribution in [3.63, 3.8) is 0 Å². The van der Waals surface area contributed by atoms with Gasteiger partial charge < -0.3 is 14.4 Å². The number of carbonyl (C=O) groups is 2. The molecule has 4 rings (SSSR count). The molecule has 2 heterocycles. The third kappa shape index (κ3) is 3.71. The number of likely N-dealkylation sites (tertiary alicyclic amines) is 1. The number of furan rings is 1. The van der Waals surface area contributed by atoms with Crippen molar-refractivity contribution in [3.8, 4) is 0 Å². The Morgan fingerprint density at radius 1 is 1.10 bits per heavy atom. The Morgan fingerprint density at radius 3 is 2.35 bits per heavy atom. The van der Waals surface area contributed by atoms with Crippen LogP contribution in [0, 0.1) is 17.0 Å². The van der Waals surface area contributed by atoms with Gasteiger partial charge in [0.15, 0.2) is 0 Å². The van der Waals surface area contributed by atoms with Crippen molar-refractivity contribution >= 4 is 23.1 Å². The summed E-state index contributed by atoms with van der Waals surface area (Å²) in [5.41, 5.74) is 1.64. The number of amides is 1. The lowest BCUT2D eigenvalue weighted by Gasteiger charge is -2.24. The Labute approximate surface area is 177 Å². The number of hydrogen-bond acceptors (Lipinski definition) is 6. The van der Waals surface area contributed by atoms with Crippen LogP contribution in [0.4, 0.5) is 5.69 Å². The number of nitro benzene ring substituents is 1. The predicted octanol–water partition coefficient (Wildman–Crippen LogP) is 4.12. The predicted molar refractivity (Wildman–Crippen MR) is 111 cm³/mol. The Hall–Kier alpha value is -4.20. The molecule has 1 atom stereocenters. The molecule has 8 heteroatoms. The van der Waals surface area contributed by atoms with E-state index in [2.05, 4.69) is 0 Å². The maximum atomic E-state index is 12.9. The molecule has 1 N–H and O–H groups in total. The SMILES string of the molecule is Cc1ccc(C(O)=C2C(=O)C(=O)N(Cc3ccco3)[C@H]2c2ccc([N+](=O)[O-])cc2)cc1. The highest BCUT2D eigenvalue weighted by molar-refractivity contribution is 6.46. The van der Waals surface area contributed by atoms with Crippen molar-refractivity contribution in [3.05, 3.63) is 105 Å². The van der Waals surface area contributed by atoms with Crippen LogP contribution in [-0.2, 0) is 16.1 Å². The molecule has 0 aliphatic carbocycles. The average Bonchev–Trinajstić information content (AvgIpc) is 3.36. The van der Waals surface area contributed by atoms with Gasteiger partial charge in [-0.3, -0.25) is 19.7 Å². The summed E-state index contributed by atoms with van der Waals surface area (Å²) in [7, 11) is 0. The first-order valence-electron chi connectivity index (χ1n) is 9.49. The molecule has 1 saturated heterocycles. The molecule has 3 aromatic rings. The molecule has 156 valence electrons. The normalized spacial score (nSPS) is 17.8. The van der Waals surface area contributed by atoms with Crippen LogP contribution in [0.3, 0.4) is 0 Å². The largest absolute Gasteiger partial charge is 0.507 e. The molecule has 1 aliphatic rings. The highest BCUT2D eigenvalue weighted by atomic mass is 16.6. The summed E-state index contributed by atoms with van der Waals surface area (Å²) < 4.78 is 5.33. The standard InChI is InChI=1S/C23H18N2O6/c1-14-4-6-16(7-5-14)21(26)19-20(15-8-10-17(11-9-15)25(29)30)24(23(28)22(19)27)13-18-3-2-12-31-18/h2-12,20,26H,13H2,1H3/t20-/m0/s1. The van der Waals surface area contributed by atoms with Gasteiger partial charge in [-0.05, 0) is 36.8 Å². The van der Waals surface area contributed by atoms with E-state index in [9.17, 15) is 24.8 Å². The van der Waals surface area contributed by atoms with Crippen LogP contribution in [0.1, 0.15) is 28.5 Å². The lowest BCUT2D eigenvalue weighted by Crippen LogP contribution is -2.29. The second kappa shape index (κ2) is 7.91. The lowest BCUT2D eigenvalue weighted by molar-refractivity contribution is -0.384. The van der Waals surface area contributed by atoms with Gasteiger partial charge in [0.05, 0.1) is 29.3 Å². The minimum absolute atomic E-state index is 0.00387. The van der Waals surface area contributed by atoms with E-state index in [1.54, 1.807) is 36.4 Å². The van der Waals surface area contributed by atoms with Crippen LogP contribution in [0.2, 0.25) is 0 Å². The van der Waals surface area contributed by atoms with Gasteiger partial charge in [0, 0.05) is 17.7 Å². The topological polar surface area (TPSA) is 114 Å². The van der Waals surface area contributed by atoms with Crippen LogP contribution in [-0.4, -0.2) is 26.6 Å². The van der Waals surface area contributed by atoms with Gasteiger partial charge in [0.1, 0.15) is 11.5 Å². The van der Waals surface area contributed by atoms with Crippen LogP contribution in [0.15, 0.2) is 76.9 Å². The lowest BCUT2D eigenvalue weighted by atomic mass is 9.95. The first-order chi connectivity index (χ1) is 14.9. The van der Waals surface area contributed by atoms with Gasteiger partial charge in [-0.1, -0.05) is 29.8 Å². The minimum Gasteiger partial charge on any atom is -0.507 e. The van der Waals surface area contributed by atoms with E-state index in [-0.39, 0.29) is 23.6 Å². The minimum atomic E-state index is -0.924. The van der Waals surface area contributed by atoms with Crippen molar-refractivity contribution in [2.75, 3.05) is 0 Å². The fraction of sp³-hybridized carbons (Fsp3) is 0.130.